The summed E-state index contributed by atoms with van der Waals surface area (Å²) in [5.74, 6) is 0.677. The van der Waals surface area contributed by atoms with Gasteiger partial charge >= 0.3 is 0 Å². The average molecular weight is 380 g/mol. The predicted octanol–water partition coefficient (Wildman–Crippen LogP) is 5.91. The van der Waals surface area contributed by atoms with Crippen LogP contribution in [-0.2, 0) is 5.75 Å². The van der Waals surface area contributed by atoms with Crippen LogP contribution in [0.5, 0.6) is 0 Å². The van der Waals surface area contributed by atoms with Crippen LogP contribution in [0.3, 0.4) is 0 Å². The first kappa shape index (κ1) is 17.0. The maximum Gasteiger partial charge on any atom is 0.194 e. The van der Waals surface area contributed by atoms with Gasteiger partial charge in [0.2, 0.25) is 0 Å². The van der Waals surface area contributed by atoms with Crippen LogP contribution in [0, 0.1) is 0 Å². The minimum Gasteiger partial charge on any atom is -0.289 e. The van der Waals surface area contributed by atoms with Crippen molar-refractivity contribution in [3.63, 3.8) is 0 Å². The van der Waals surface area contributed by atoms with E-state index in [9.17, 15) is 9.59 Å². The summed E-state index contributed by atoms with van der Waals surface area (Å²) in [6, 6.07) is 27.3. The molecule has 0 fully saturated rings. The molecule has 1 aliphatic rings. The van der Waals surface area contributed by atoms with Gasteiger partial charge < -0.3 is 0 Å². The number of rotatable bonds is 3. The van der Waals surface area contributed by atoms with Gasteiger partial charge in [-0.1, -0.05) is 54.6 Å². The second-order valence-corrected chi connectivity index (χ2v) is 7.93. The zero-order valence-electron chi connectivity index (χ0n) is 15.0. The Balaban J connectivity index is 1.53. The van der Waals surface area contributed by atoms with Crippen molar-refractivity contribution < 1.29 is 9.59 Å². The fourth-order valence-corrected chi connectivity index (χ4v) is 4.54. The molecule has 134 valence electrons. The molecule has 0 spiro atoms. The van der Waals surface area contributed by atoms with Gasteiger partial charge in [0.05, 0.1) is 0 Å². The van der Waals surface area contributed by atoms with Crippen molar-refractivity contribution in [2.24, 2.45) is 0 Å². The van der Waals surface area contributed by atoms with Crippen LogP contribution >= 0.6 is 11.8 Å². The zero-order valence-corrected chi connectivity index (χ0v) is 15.8. The van der Waals surface area contributed by atoms with Gasteiger partial charge in [-0.2, -0.15) is 0 Å². The third kappa shape index (κ3) is 2.85. The quantitative estimate of drug-likeness (QED) is 0.365. The molecular formula is C25H16O2S. The van der Waals surface area contributed by atoms with Crippen molar-refractivity contribution in [3.05, 3.63) is 113 Å². The number of ketones is 2. The van der Waals surface area contributed by atoms with E-state index in [-0.39, 0.29) is 11.6 Å². The minimum atomic E-state index is -0.0741. The molecule has 0 radical (unpaired) electrons. The fourth-order valence-electron chi connectivity index (χ4n) is 3.65. The van der Waals surface area contributed by atoms with E-state index in [1.165, 1.54) is 5.56 Å². The smallest absolute Gasteiger partial charge is 0.194 e. The van der Waals surface area contributed by atoms with E-state index >= 15 is 0 Å². The molecule has 0 aliphatic heterocycles. The van der Waals surface area contributed by atoms with Crippen molar-refractivity contribution in [2.45, 2.75) is 10.6 Å². The highest BCUT2D eigenvalue weighted by Gasteiger charge is 2.30. The lowest BCUT2D eigenvalue weighted by Gasteiger charge is -2.19. The average Bonchev–Trinajstić information content (AvgIpc) is 2.75. The summed E-state index contributed by atoms with van der Waals surface area (Å²) >= 11 is 1.67. The van der Waals surface area contributed by atoms with E-state index in [0.717, 1.165) is 21.4 Å². The summed E-state index contributed by atoms with van der Waals surface area (Å²) in [6.45, 7) is 0. The van der Waals surface area contributed by atoms with Crippen molar-refractivity contribution in [3.8, 4) is 0 Å². The van der Waals surface area contributed by atoms with Crippen molar-refractivity contribution in [1.29, 1.82) is 0 Å². The van der Waals surface area contributed by atoms with Gasteiger partial charge in [0.15, 0.2) is 11.6 Å². The summed E-state index contributed by atoms with van der Waals surface area (Å²) in [5, 5.41) is 1.95. The Hall–Kier alpha value is -3.17. The zero-order chi connectivity index (χ0) is 19.1. The maximum atomic E-state index is 13.2. The Morgan fingerprint density at radius 3 is 1.82 bits per heavy atom. The van der Waals surface area contributed by atoms with Crippen LogP contribution in [0.15, 0.2) is 89.8 Å². The van der Waals surface area contributed by atoms with Gasteiger partial charge in [0.25, 0.3) is 0 Å². The van der Waals surface area contributed by atoms with E-state index in [1.54, 1.807) is 17.8 Å². The van der Waals surface area contributed by atoms with Crippen molar-refractivity contribution >= 4 is 34.1 Å². The van der Waals surface area contributed by atoms with E-state index in [1.807, 2.05) is 66.7 Å². The molecule has 0 aromatic heterocycles. The Morgan fingerprint density at radius 2 is 1.14 bits per heavy atom. The maximum absolute atomic E-state index is 13.2. The molecular weight excluding hydrogens is 364 g/mol. The van der Waals surface area contributed by atoms with Gasteiger partial charge in [0, 0.05) is 32.9 Å². The molecule has 0 amide bonds. The lowest BCUT2D eigenvalue weighted by molar-refractivity contribution is 0.0979. The number of benzene rings is 4. The number of hydrogen-bond acceptors (Lipinski definition) is 3. The third-order valence-electron chi connectivity index (χ3n) is 5.10. The van der Waals surface area contributed by atoms with Gasteiger partial charge in [-0.25, -0.2) is 0 Å². The van der Waals surface area contributed by atoms with E-state index < -0.39 is 0 Å². The summed E-state index contributed by atoms with van der Waals surface area (Å²) in [5.41, 5.74) is 3.23. The van der Waals surface area contributed by atoms with Crippen LogP contribution in [0.4, 0.5) is 0 Å². The lowest BCUT2D eigenvalue weighted by Crippen LogP contribution is -2.20. The van der Waals surface area contributed by atoms with Crippen LogP contribution in [0.25, 0.3) is 10.8 Å². The molecule has 2 nitrogen and oxygen atoms in total. The largest absolute Gasteiger partial charge is 0.289 e. The third-order valence-corrected chi connectivity index (χ3v) is 6.17. The van der Waals surface area contributed by atoms with Crippen LogP contribution in [0.1, 0.15) is 37.4 Å². The molecule has 28 heavy (non-hydrogen) atoms. The molecule has 0 N–H and O–H groups in total. The van der Waals surface area contributed by atoms with Gasteiger partial charge in [-0.05, 0) is 46.7 Å². The topological polar surface area (TPSA) is 34.1 Å². The SMILES string of the molecule is O=C1c2ccc(SCc3ccccc3)cc2C(=O)c2cc3ccccc3cc21. The molecule has 5 rings (SSSR count). The van der Waals surface area contributed by atoms with Gasteiger partial charge in [-0.3, -0.25) is 9.59 Å². The molecule has 0 heterocycles. The summed E-state index contributed by atoms with van der Waals surface area (Å²) in [4.78, 5) is 27.2. The number of hydrogen-bond donors (Lipinski definition) is 0. The molecule has 0 bridgehead atoms. The number of fused-ring (bicyclic) bond motifs is 3. The van der Waals surface area contributed by atoms with Crippen LogP contribution in [-0.4, -0.2) is 11.6 Å². The van der Waals surface area contributed by atoms with E-state index in [0.29, 0.717) is 22.3 Å². The molecule has 4 aromatic carbocycles. The Kier molecular flexibility index (Phi) is 4.10. The summed E-state index contributed by atoms with van der Waals surface area (Å²) in [6.07, 6.45) is 0. The molecule has 1 aliphatic carbocycles. The summed E-state index contributed by atoms with van der Waals surface area (Å²) in [7, 11) is 0. The predicted molar refractivity (Wildman–Crippen MR) is 113 cm³/mol. The Bertz CT molecular complexity index is 1240. The first-order valence-corrected chi connectivity index (χ1v) is 10.1. The number of thioether (sulfide) groups is 1. The second-order valence-electron chi connectivity index (χ2n) is 6.88. The van der Waals surface area contributed by atoms with E-state index in [2.05, 4.69) is 12.1 Å². The summed E-state index contributed by atoms with van der Waals surface area (Å²) < 4.78 is 0. The normalized spacial score (nSPS) is 12.7. The highest BCUT2D eigenvalue weighted by molar-refractivity contribution is 7.98. The lowest BCUT2D eigenvalue weighted by atomic mass is 9.83. The van der Waals surface area contributed by atoms with Gasteiger partial charge in [-0.15, -0.1) is 11.8 Å². The number of carbonyl (C=O) groups is 2. The Morgan fingerprint density at radius 1 is 0.571 bits per heavy atom. The molecule has 0 atom stereocenters. The van der Waals surface area contributed by atoms with E-state index in [4.69, 9.17) is 0 Å². The van der Waals surface area contributed by atoms with Crippen molar-refractivity contribution in [2.75, 3.05) is 0 Å². The molecule has 0 saturated heterocycles. The Labute approximate surface area is 167 Å². The van der Waals surface area contributed by atoms with Gasteiger partial charge in [0.1, 0.15) is 0 Å². The second kappa shape index (κ2) is 6.77. The van der Waals surface area contributed by atoms with Crippen molar-refractivity contribution in [1.82, 2.24) is 0 Å². The number of carbonyl (C=O) groups excluding carboxylic acids is 2. The highest BCUT2D eigenvalue weighted by Crippen LogP contribution is 2.33. The molecule has 0 unspecified atom stereocenters. The molecule has 3 heteroatoms. The minimum absolute atomic E-state index is 0.0717. The standard InChI is InChI=1S/C25H16O2S/c26-24-20-11-10-19(28-15-16-6-2-1-3-7-16)14-23(20)25(27)22-13-18-9-5-4-8-17(18)12-21(22)24/h1-14H,15H2. The molecule has 0 saturated carbocycles. The first-order chi connectivity index (χ1) is 13.7. The highest BCUT2D eigenvalue weighted by atomic mass is 32.2. The first-order valence-electron chi connectivity index (χ1n) is 9.14. The van der Waals surface area contributed by atoms with Crippen LogP contribution < -0.4 is 0 Å². The van der Waals surface area contributed by atoms with Crippen LogP contribution in [0.2, 0.25) is 0 Å². The fraction of sp³-hybridized carbons (Fsp3) is 0.0400. The monoisotopic (exact) mass is 380 g/mol. The molecule has 4 aromatic rings.